The molecule has 0 saturated carbocycles. The van der Waals surface area contributed by atoms with Crippen LogP contribution in [0, 0.1) is 17.2 Å². The molecule has 2 amide bonds. The standard InChI is InChI=1S/C23H28N4O4/c1-15(22(29)26-9-3-4-18(26)11-24)12-25-13-19-10-21(25)23(30)27(19)16(2)17-5-7-20(8-6-17)31-14-28/h5-8,14-16,18-19,21H,3-4,9-10,12-13H2,1-2H3/t15-,16-,18-,19+,21+/m0/s1. The third-order valence-electron chi connectivity index (χ3n) is 6.89. The van der Waals surface area contributed by atoms with Crippen molar-refractivity contribution in [1.29, 1.82) is 5.26 Å². The van der Waals surface area contributed by atoms with Crippen LogP contribution in [0.4, 0.5) is 0 Å². The summed E-state index contributed by atoms with van der Waals surface area (Å²) in [5.74, 6) is 0.355. The molecule has 0 radical (unpaired) electrons. The highest BCUT2D eigenvalue weighted by Gasteiger charge is 2.51. The Morgan fingerprint density at radius 2 is 2.06 bits per heavy atom. The van der Waals surface area contributed by atoms with Crippen molar-refractivity contribution in [1.82, 2.24) is 14.7 Å². The lowest BCUT2D eigenvalue weighted by molar-refractivity contribution is -0.142. The highest BCUT2D eigenvalue weighted by atomic mass is 16.5. The summed E-state index contributed by atoms with van der Waals surface area (Å²) in [7, 11) is 0. The molecule has 1 aromatic rings. The van der Waals surface area contributed by atoms with Crippen molar-refractivity contribution >= 4 is 18.3 Å². The maximum absolute atomic E-state index is 13.1. The highest BCUT2D eigenvalue weighted by molar-refractivity contribution is 5.86. The lowest BCUT2D eigenvalue weighted by Crippen LogP contribution is -2.53. The van der Waals surface area contributed by atoms with Crippen LogP contribution >= 0.6 is 0 Å². The van der Waals surface area contributed by atoms with E-state index < -0.39 is 0 Å². The van der Waals surface area contributed by atoms with Crippen molar-refractivity contribution in [3.63, 3.8) is 0 Å². The zero-order valence-corrected chi connectivity index (χ0v) is 17.9. The smallest absolute Gasteiger partial charge is 0.298 e. The van der Waals surface area contributed by atoms with Crippen LogP contribution in [0.1, 0.15) is 44.7 Å². The van der Waals surface area contributed by atoms with Crippen LogP contribution in [0.2, 0.25) is 0 Å². The Balaban J connectivity index is 1.38. The SMILES string of the molecule is C[C@@H](CN1C[C@H]2C[C@@H]1C(=O)N2[C@@H](C)c1ccc(OC=O)cc1)C(=O)N1CCC[C@H]1C#N. The number of benzene rings is 1. The molecule has 0 unspecified atom stereocenters. The third kappa shape index (κ3) is 3.90. The quantitative estimate of drug-likeness (QED) is 0.619. The molecule has 0 aliphatic carbocycles. The van der Waals surface area contributed by atoms with Crippen molar-refractivity contribution in [2.24, 2.45) is 5.92 Å². The summed E-state index contributed by atoms with van der Waals surface area (Å²) in [6.45, 7) is 6.25. The first kappa shape index (κ1) is 21.3. The summed E-state index contributed by atoms with van der Waals surface area (Å²) in [4.78, 5) is 42.2. The topological polar surface area (TPSA) is 93.9 Å². The van der Waals surface area contributed by atoms with Crippen LogP contribution in [0.5, 0.6) is 5.75 Å². The van der Waals surface area contributed by atoms with E-state index in [1.807, 2.05) is 30.9 Å². The Morgan fingerprint density at radius 1 is 1.32 bits per heavy atom. The summed E-state index contributed by atoms with van der Waals surface area (Å²) in [5.41, 5.74) is 0.992. The molecule has 3 fully saturated rings. The Bertz CT molecular complexity index is 896. The third-order valence-corrected chi connectivity index (χ3v) is 6.89. The van der Waals surface area contributed by atoms with Crippen molar-refractivity contribution < 1.29 is 19.1 Å². The minimum absolute atomic E-state index is 0.0159. The molecule has 4 rings (SSSR count). The van der Waals surface area contributed by atoms with Crippen molar-refractivity contribution in [3.05, 3.63) is 29.8 Å². The van der Waals surface area contributed by atoms with E-state index >= 15 is 0 Å². The van der Waals surface area contributed by atoms with E-state index in [4.69, 9.17) is 4.74 Å². The lowest BCUT2D eigenvalue weighted by atomic mass is 10.0. The molecule has 1 aromatic carbocycles. The largest absolute Gasteiger partial charge is 0.429 e. The molecule has 0 aromatic heterocycles. The summed E-state index contributed by atoms with van der Waals surface area (Å²) >= 11 is 0. The number of likely N-dealkylation sites (tertiary alicyclic amines) is 3. The minimum Gasteiger partial charge on any atom is -0.429 e. The Labute approximate surface area is 182 Å². The maximum atomic E-state index is 13.1. The van der Waals surface area contributed by atoms with Gasteiger partial charge in [-0.1, -0.05) is 19.1 Å². The minimum atomic E-state index is -0.314. The normalized spacial score (nSPS) is 27.3. The number of hydrogen-bond donors (Lipinski definition) is 0. The zero-order chi connectivity index (χ0) is 22.1. The molecule has 3 saturated heterocycles. The van der Waals surface area contributed by atoms with Crippen LogP contribution in [-0.4, -0.2) is 70.7 Å². The Morgan fingerprint density at radius 3 is 2.71 bits per heavy atom. The van der Waals surface area contributed by atoms with Gasteiger partial charge in [0.25, 0.3) is 6.47 Å². The van der Waals surface area contributed by atoms with Gasteiger partial charge in [0.1, 0.15) is 11.8 Å². The number of carbonyl (C=O) groups is 3. The van der Waals surface area contributed by atoms with Gasteiger partial charge in [0.15, 0.2) is 0 Å². The fourth-order valence-corrected chi connectivity index (χ4v) is 5.32. The van der Waals surface area contributed by atoms with Crippen LogP contribution in [0.3, 0.4) is 0 Å². The Hall–Kier alpha value is -2.92. The number of ether oxygens (including phenoxy) is 1. The second kappa shape index (κ2) is 8.67. The van der Waals surface area contributed by atoms with Crippen LogP contribution in [-0.2, 0) is 14.4 Å². The molecular formula is C23H28N4O4. The van der Waals surface area contributed by atoms with Gasteiger partial charge >= 0.3 is 0 Å². The van der Waals surface area contributed by atoms with Crippen LogP contribution in [0.25, 0.3) is 0 Å². The van der Waals surface area contributed by atoms with Gasteiger partial charge in [-0.05, 0) is 43.9 Å². The van der Waals surface area contributed by atoms with E-state index in [1.54, 1.807) is 17.0 Å². The van der Waals surface area contributed by atoms with E-state index in [9.17, 15) is 19.6 Å². The van der Waals surface area contributed by atoms with Gasteiger partial charge in [-0.15, -0.1) is 0 Å². The van der Waals surface area contributed by atoms with Crippen LogP contribution < -0.4 is 4.74 Å². The molecule has 2 bridgehead atoms. The number of fused-ring (bicyclic) bond motifs is 2. The van der Waals surface area contributed by atoms with E-state index in [0.29, 0.717) is 25.3 Å². The highest BCUT2D eigenvalue weighted by Crippen LogP contribution is 2.38. The van der Waals surface area contributed by atoms with E-state index in [-0.39, 0.29) is 41.9 Å². The second-order valence-corrected chi connectivity index (χ2v) is 8.78. The van der Waals surface area contributed by atoms with Gasteiger partial charge in [0.2, 0.25) is 11.8 Å². The summed E-state index contributed by atoms with van der Waals surface area (Å²) in [5, 5.41) is 9.26. The predicted octanol–water partition coefficient (Wildman–Crippen LogP) is 1.72. The molecule has 5 atom stereocenters. The maximum Gasteiger partial charge on any atom is 0.298 e. The van der Waals surface area contributed by atoms with Gasteiger partial charge < -0.3 is 14.5 Å². The fraction of sp³-hybridized carbons (Fsp3) is 0.565. The Kier molecular flexibility index (Phi) is 5.96. The average Bonchev–Trinajstić information content (AvgIpc) is 3.48. The monoisotopic (exact) mass is 424 g/mol. The fourth-order valence-electron chi connectivity index (χ4n) is 5.32. The van der Waals surface area contributed by atoms with E-state index in [0.717, 1.165) is 31.4 Å². The number of nitrogens with zero attached hydrogens (tertiary/aromatic N) is 4. The van der Waals surface area contributed by atoms with E-state index in [2.05, 4.69) is 11.0 Å². The second-order valence-electron chi connectivity index (χ2n) is 8.78. The molecule has 0 N–H and O–H groups in total. The number of piperazine rings is 1. The molecule has 3 heterocycles. The first-order valence-corrected chi connectivity index (χ1v) is 10.9. The average molecular weight is 425 g/mol. The van der Waals surface area contributed by atoms with Crippen molar-refractivity contribution in [2.45, 2.75) is 57.3 Å². The first-order chi connectivity index (χ1) is 14.9. The van der Waals surface area contributed by atoms with Crippen LogP contribution in [0.15, 0.2) is 24.3 Å². The van der Waals surface area contributed by atoms with Gasteiger partial charge in [-0.2, -0.15) is 5.26 Å². The van der Waals surface area contributed by atoms with Crippen molar-refractivity contribution in [3.8, 4) is 11.8 Å². The number of rotatable bonds is 7. The summed E-state index contributed by atoms with van der Waals surface area (Å²) < 4.78 is 4.84. The molecule has 164 valence electrons. The van der Waals surface area contributed by atoms with Gasteiger partial charge in [-0.3, -0.25) is 19.3 Å². The van der Waals surface area contributed by atoms with Gasteiger partial charge in [0, 0.05) is 31.6 Å². The number of amides is 2. The number of carbonyl (C=O) groups excluding carboxylic acids is 3. The molecule has 0 spiro atoms. The van der Waals surface area contributed by atoms with Crippen molar-refractivity contribution in [2.75, 3.05) is 19.6 Å². The molecule has 3 aliphatic heterocycles. The lowest BCUT2D eigenvalue weighted by Gasteiger charge is -2.38. The molecule has 8 nitrogen and oxygen atoms in total. The first-order valence-electron chi connectivity index (χ1n) is 10.9. The van der Waals surface area contributed by atoms with Gasteiger partial charge in [0.05, 0.1) is 18.2 Å². The summed E-state index contributed by atoms with van der Waals surface area (Å²) in [6, 6.07) is 8.99. The number of nitriles is 1. The van der Waals surface area contributed by atoms with E-state index in [1.165, 1.54) is 0 Å². The number of hydrogen-bond acceptors (Lipinski definition) is 6. The summed E-state index contributed by atoms with van der Waals surface area (Å²) in [6.07, 6.45) is 2.40. The van der Waals surface area contributed by atoms with Gasteiger partial charge in [-0.25, -0.2) is 0 Å². The predicted molar refractivity (Wildman–Crippen MR) is 112 cm³/mol. The zero-order valence-electron chi connectivity index (χ0n) is 17.9. The molecular weight excluding hydrogens is 396 g/mol. The molecule has 3 aliphatic rings. The molecule has 8 heteroatoms. The molecule has 31 heavy (non-hydrogen) atoms.